The van der Waals surface area contributed by atoms with Crippen molar-refractivity contribution in [3.8, 4) is 5.75 Å². The molecule has 0 bridgehead atoms. The van der Waals surface area contributed by atoms with Crippen molar-refractivity contribution in [1.29, 1.82) is 0 Å². The van der Waals surface area contributed by atoms with E-state index in [9.17, 15) is 13.6 Å². The number of esters is 1. The standard InChI is InChI=1S/C14H10F2INO3/c1-20-14(19)13-3-2-9(6-18-13)21-7-10-11(15)4-8(17)5-12(10)16/h2-6H,7H2,1H3. The summed E-state index contributed by atoms with van der Waals surface area (Å²) in [7, 11) is 1.25. The maximum absolute atomic E-state index is 13.6. The third-order valence-corrected chi connectivity index (χ3v) is 3.24. The predicted molar refractivity (Wildman–Crippen MR) is 79.0 cm³/mol. The minimum atomic E-state index is -0.668. The average Bonchev–Trinajstić information content (AvgIpc) is 2.46. The molecule has 7 heteroatoms. The zero-order valence-corrected chi connectivity index (χ0v) is 13.1. The van der Waals surface area contributed by atoms with Gasteiger partial charge in [0.15, 0.2) is 0 Å². The summed E-state index contributed by atoms with van der Waals surface area (Å²) in [4.78, 5) is 15.0. The van der Waals surface area contributed by atoms with Gasteiger partial charge in [0, 0.05) is 3.57 Å². The molecule has 0 N–H and O–H groups in total. The van der Waals surface area contributed by atoms with Gasteiger partial charge in [0.25, 0.3) is 0 Å². The van der Waals surface area contributed by atoms with E-state index in [0.717, 1.165) is 0 Å². The Labute approximate surface area is 133 Å². The van der Waals surface area contributed by atoms with Crippen LogP contribution in [-0.4, -0.2) is 18.1 Å². The largest absolute Gasteiger partial charge is 0.487 e. The number of aromatic nitrogens is 1. The summed E-state index contributed by atoms with van der Waals surface area (Å²) >= 11 is 1.83. The molecule has 0 saturated carbocycles. The van der Waals surface area contributed by atoms with E-state index in [1.807, 2.05) is 22.6 Å². The lowest BCUT2D eigenvalue weighted by molar-refractivity contribution is 0.0594. The summed E-state index contributed by atoms with van der Waals surface area (Å²) in [6, 6.07) is 5.32. The minimum absolute atomic E-state index is 0.122. The number of hydrogen-bond donors (Lipinski definition) is 0. The Morgan fingerprint density at radius 3 is 2.48 bits per heavy atom. The first-order valence-electron chi connectivity index (χ1n) is 5.82. The number of ether oxygens (including phenoxy) is 2. The van der Waals surface area contributed by atoms with Crippen LogP contribution in [0.25, 0.3) is 0 Å². The van der Waals surface area contributed by atoms with Crippen LogP contribution in [0.4, 0.5) is 8.78 Å². The molecular weight excluding hydrogens is 395 g/mol. The van der Waals surface area contributed by atoms with Crippen LogP contribution in [0.2, 0.25) is 0 Å². The van der Waals surface area contributed by atoms with Gasteiger partial charge in [-0.25, -0.2) is 18.6 Å². The Hall–Kier alpha value is -1.77. The lowest BCUT2D eigenvalue weighted by Gasteiger charge is -2.08. The number of carbonyl (C=O) groups excluding carboxylic acids is 1. The number of pyridine rings is 1. The first kappa shape index (κ1) is 15.6. The van der Waals surface area contributed by atoms with Crippen molar-refractivity contribution in [3.63, 3.8) is 0 Å². The second kappa shape index (κ2) is 6.79. The number of nitrogens with zero attached hydrogens (tertiary/aromatic N) is 1. The van der Waals surface area contributed by atoms with Crippen molar-refractivity contribution in [2.75, 3.05) is 7.11 Å². The molecule has 0 atom stereocenters. The SMILES string of the molecule is COC(=O)c1ccc(OCc2c(F)cc(I)cc2F)cn1. The molecule has 21 heavy (non-hydrogen) atoms. The van der Waals surface area contributed by atoms with Gasteiger partial charge in [-0.2, -0.15) is 0 Å². The van der Waals surface area contributed by atoms with Gasteiger partial charge < -0.3 is 9.47 Å². The molecule has 0 aliphatic heterocycles. The monoisotopic (exact) mass is 405 g/mol. The summed E-state index contributed by atoms with van der Waals surface area (Å²) in [5, 5.41) is 0. The fourth-order valence-corrected chi connectivity index (χ4v) is 2.10. The molecule has 0 fully saturated rings. The molecule has 4 nitrogen and oxygen atoms in total. The van der Waals surface area contributed by atoms with Crippen molar-refractivity contribution in [1.82, 2.24) is 4.98 Å². The van der Waals surface area contributed by atoms with Crippen molar-refractivity contribution in [3.05, 3.63) is 56.9 Å². The molecule has 0 saturated heterocycles. The number of carbonyl (C=O) groups is 1. The Morgan fingerprint density at radius 2 is 1.95 bits per heavy atom. The fraction of sp³-hybridized carbons (Fsp3) is 0.143. The van der Waals surface area contributed by atoms with Crippen molar-refractivity contribution >= 4 is 28.6 Å². The Morgan fingerprint density at radius 1 is 1.29 bits per heavy atom. The lowest BCUT2D eigenvalue weighted by atomic mass is 10.2. The van der Waals surface area contributed by atoms with Gasteiger partial charge in [0.05, 0.1) is 18.9 Å². The predicted octanol–water partition coefficient (Wildman–Crippen LogP) is 3.33. The van der Waals surface area contributed by atoms with Crippen molar-refractivity contribution in [2.24, 2.45) is 0 Å². The van der Waals surface area contributed by atoms with E-state index in [1.165, 1.54) is 37.6 Å². The zero-order chi connectivity index (χ0) is 15.4. The summed E-state index contributed by atoms with van der Waals surface area (Å²) in [5.41, 5.74) is -0.0380. The van der Waals surface area contributed by atoms with Crippen molar-refractivity contribution in [2.45, 2.75) is 6.61 Å². The van der Waals surface area contributed by atoms with Crippen LogP contribution in [0, 0.1) is 15.2 Å². The highest BCUT2D eigenvalue weighted by molar-refractivity contribution is 14.1. The summed E-state index contributed by atoms with van der Waals surface area (Å²) in [5.74, 6) is -1.62. The van der Waals surface area contributed by atoms with Gasteiger partial charge >= 0.3 is 5.97 Å². The molecule has 0 aliphatic rings. The molecule has 0 aliphatic carbocycles. The lowest BCUT2D eigenvalue weighted by Crippen LogP contribution is -2.05. The van der Waals surface area contributed by atoms with E-state index in [4.69, 9.17) is 4.74 Å². The van der Waals surface area contributed by atoms with Crippen LogP contribution in [-0.2, 0) is 11.3 Å². The highest BCUT2D eigenvalue weighted by atomic mass is 127. The molecule has 2 rings (SSSR count). The number of benzene rings is 1. The van der Waals surface area contributed by atoms with E-state index in [2.05, 4.69) is 9.72 Å². The molecule has 110 valence electrons. The number of rotatable bonds is 4. The highest BCUT2D eigenvalue weighted by Gasteiger charge is 2.12. The normalized spacial score (nSPS) is 10.3. The van der Waals surface area contributed by atoms with Gasteiger partial charge in [0.2, 0.25) is 0 Å². The zero-order valence-electron chi connectivity index (χ0n) is 10.9. The first-order valence-corrected chi connectivity index (χ1v) is 6.89. The molecule has 0 radical (unpaired) electrons. The molecule has 1 heterocycles. The Balaban J connectivity index is 2.08. The van der Waals surface area contributed by atoms with Crippen LogP contribution < -0.4 is 4.74 Å². The summed E-state index contributed by atoms with van der Waals surface area (Å²) < 4.78 is 37.5. The van der Waals surface area contributed by atoms with Crippen LogP contribution >= 0.6 is 22.6 Å². The first-order chi connectivity index (χ1) is 10.0. The van der Waals surface area contributed by atoms with Gasteiger partial charge in [-0.05, 0) is 46.9 Å². The van der Waals surface area contributed by atoms with Crippen LogP contribution in [0.5, 0.6) is 5.75 Å². The third-order valence-electron chi connectivity index (χ3n) is 2.62. The maximum atomic E-state index is 13.6. The number of methoxy groups -OCH3 is 1. The molecule has 1 aromatic heterocycles. The van der Waals surface area contributed by atoms with Crippen LogP contribution in [0.15, 0.2) is 30.5 Å². The fourth-order valence-electron chi connectivity index (χ4n) is 1.56. The molecule has 0 spiro atoms. The van der Waals surface area contributed by atoms with Crippen LogP contribution in [0.3, 0.4) is 0 Å². The van der Waals surface area contributed by atoms with E-state index < -0.39 is 17.6 Å². The summed E-state index contributed by atoms with van der Waals surface area (Å²) in [6.07, 6.45) is 1.29. The van der Waals surface area contributed by atoms with Crippen LogP contribution in [0.1, 0.15) is 16.1 Å². The van der Waals surface area contributed by atoms with E-state index in [-0.39, 0.29) is 17.9 Å². The molecule has 0 amide bonds. The second-order valence-electron chi connectivity index (χ2n) is 4.01. The van der Waals surface area contributed by atoms with Gasteiger partial charge in [-0.3, -0.25) is 0 Å². The van der Waals surface area contributed by atoms with E-state index in [0.29, 0.717) is 9.32 Å². The quantitative estimate of drug-likeness (QED) is 0.579. The summed E-state index contributed by atoms with van der Waals surface area (Å²) in [6.45, 7) is -0.270. The maximum Gasteiger partial charge on any atom is 0.356 e. The molecule has 0 unspecified atom stereocenters. The number of hydrogen-bond acceptors (Lipinski definition) is 4. The smallest absolute Gasteiger partial charge is 0.356 e. The van der Waals surface area contributed by atoms with Crippen molar-refractivity contribution < 1.29 is 23.0 Å². The number of halogens is 3. The molecule has 2 aromatic rings. The second-order valence-corrected chi connectivity index (χ2v) is 5.25. The topological polar surface area (TPSA) is 48.4 Å². The Kier molecular flexibility index (Phi) is 5.05. The van der Waals surface area contributed by atoms with Gasteiger partial charge in [0.1, 0.15) is 29.7 Å². The third kappa shape index (κ3) is 3.87. The average molecular weight is 405 g/mol. The van der Waals surface area contributed by atoms with E-state index >= 15 is 0 Å². The highest BCUT2D eigenvalue weighted by Crippen LogP contribution is 2.19. The minimum Gasteiger partial charge on any atom is -0.487 e. The molecular formula is C14H10F2INO3. The molecule has 1 aromatic carbocycles. The van der Waals surface area contributed by atoms with Gasteiger partial charge in [-0.1, -0.05) is 0 Å². The Bertz CT molecular complexity index is 639. The van der Waals surface area contributed by atoms with E-state index in [1.54, 1.807) is 0 Å². The van der Waals surface area contributed by atoms with Gasteiger partial charge in [-0.15, -0.1) is 0 Å².